The largest absolute Gasteiger partial charge is 0.480 e. The average Bonchev–Trinajstić information content (AvgIpc) is 2.97. The van der Waals surface area contributed by atoms with Crippen LogP contribution in [-0.2, 0) is 11.3 Å². The Morgan fingerprint density at radius 1 is 1.58 bits per heavy atom. The summed E-state index contributed by atoms with van der Waals surface area (Å²) < 4.78 is 5.15. The number of rotatable bonds is 5. The van der Waals surface area contributed by atoms with Crippen molar-refractivity contribution in [3.05, 3.63) is 22.7 Å². The molecule has 0 spiro atoms. The van der Waals surface area contributed by atoms with Gasteiger partial charge in [-0.25, -0.2) is 0 Å². The molecule has 0 unspecified atom stereocenters. The smallest absolute Gasteiger partial charge is 0.323 e. The Morgan fingerprint density at radius 2 is 2.32 bits per heavy atom. The average molecular weight is 281 g/mol. The van der Waals surface area contributed by atoms with Crippen molar-refractivity contribution in [2.45, 2.75) is 25.9 Å². The summed E-state index contributed by atoms with van der Waals surface area (Å²) in [6.45, 7) is 3.58. The Labute approximate surface area is 114 Å². The molecule has 0 bridgehead atoms. The number of carboxylic acid groups (broad SMARTS) is 1. The number of nitrogens with zero attached hydrogens (tertiary/aromatic N) is 3. The van der Waals surface area contributed by atoms with E-state index in [1.54, 1.807) is 37.1 Å². The lowest BCUT2D eigenvalue weighted by Crippen LogP contribution is -2.47. The zero-order chi connectivity index (χ0) is 14.0. The third-order valence-corrected chi connectivity index (χ3v) is 3.78. The molecule has 2 heterocycles. The van der Waals surface area contributed by atoms with Gasteiger partial charge in [0.25, 0.3) is 5.89 Å². The van der Waals surface area contributed by atoms with Gasteiger partial charge in [-0.15, -0.1) is 0 Å². The summed E-state index contributed by atoms with van der Waals surface area (Å²) in [6.07, 6.45) is 0. The van der Waals surface area contributed by atoms with Crippen LogP contribution in [0.15, 0.2) is 21.3 Å². The number of hydrogen-bond donors (Lipinski definition) is 1. The highest BCUT2D eigenvalue weighted by Gasteiger charge is 2.32. The highest BCUT2D eigenvalue weighted by molar-refractivity contribution is 7.08. The van der Waals surface area contributed by atoms with Gasteiger partial charge in [0.1, 0.15) is 5.54 Å². The van der Waals surface area contributed by atoms with E-state index in [1.807, 2.05) is 16.8 Å². The maximum atomic E-state index is 11.1. The van der Waals surface area contributed by atoms with Crippen LogP contribution in [0.2, 0.25) is 0 Å². The molecule has 0 amide bonds. The zero-order valence-corrected chi connectivity index (χ0v) is 11.8. The lowest BCUT2D eigenvalue weighted by Gasteiger charge is -2.30. The molecule has 1 N–H and O–H groups in total. The summed E-state index contributed by atoms with van der Waals surface area (Å²) in [7, 11) is 1.72. The minimum atomic E-state index is -0.983. The minimum absolute atomic E-state index is 0.312. The zero-order valence-electron chi connectivity index (χ0n) is 11.0. The number of hydrogen-bond acceptors (Lipinski definition) is 6. The molecule has 0 fully saturated rings. The van der Waals surface area contributed by atoms with Crippen molar-refractivity contribution in [1.29, 1.82) is 0 Å². The maximum absolute atomic E-state index is 11.1. The molecule has 0 aliphatic heterocycles. The Morgan fingerprint density at radius 3 is 2.89 bits per heavy atom. The predicted molar refractivity (Wildman–Crippen MR) is 70.8 cm³/mol. The van der Waals surface area contributed by atoms with Crippen molar-refractivity contribution in [2.24, 2.45) is 0 Å². The van der Waals surface area contributed by atoms with Crippen molar-refractivity contribution >= 4 is 17.3 Å². The third kappa shape index (κ3) is 2.82. The maximum Gasteiger partial charge on any atom is 0.323 e. The van der Waals surface area contributed by atoms with Crippen LogP contribution in [0, 0.1) is 0 Å². The molecule has 2 aromatic rings. The van der Waals surface area contributed by atoms with Gasteiger partial charge in [-0.1, -0.05) is 5.16 Å². The van der Waals surface area contributed by atoms with Gasteiger partial charge in [0.2, 0.25) is 0 Å². The molecule has 0 aliphatic rings. The fraction of sp³-hybridized carbons (Fsp3) is 0.417. The second-order valence-corrected chi connectivity index (χ2v) is 5.53. The SMILES string of the molecule is CN(Cc1noc(-c2ccsc2)n1)C(C)(C)C(=O)O. The van der Waals surface area contributed by atoms with Gasteiger partial charge in [0.05, 0.1) is 12.1 Å². The van der Waals surface area contributed by atoms with E-state index in [4.69, 9.17) is 9.63 Å². The molecule has 19 heavy (non-hydrogen) atoms. The molecule has 0 radical (unpaired) electrons. The second-order valence-electron chi connectivity index (χ2n) is 4.75. The minimum Gasteiger partial charge on any atom is -0.480 e. The first kappa shape index (κ1) is 13.7. The van der Waals surface area contributed by atoms with Crippen LogP contribution in [0.5, 0.6) is 0 Å². The van der Waals surface area contributed by atoms with Gasteiger partial charge in [-0.2, -0.15) is 16.3 Å². The van der Waals surface area contributed by atoms with Gasteiger partial charge >= 0.3 is 5.97 Å². The summed E-state index contributed by atoms with van der Waals surface area (Å²) in [4.78, 5) is 17.1. The van der Waals surface area contributed by atoms with E-state index < -0.39 is 11.5 Å². The highest BCUT2D eigenvalue weighted by atomic mass is 32.1. The summed E-state index contributed by atoms with van der Waals surface area (Å²) >= 11 is 1.55. The topological polar surface area (TPSA) is 79.5 Å². The fourth-order valence-corrected chi connectivity index (χ4v) is 2.02. The molecule has 7 heteroatoms. The molecule has 102 valence electrons. The van der Waals surface area contributed by atoms with E-state index in [1.165, 1.54) is 0 Å². The normalized spacial score (nSPS) is 12.0. The standard InChI is InChI=1S/C12H15N3O3S/c1-12(2,11(16)17)15(3)6-9-13-10(18-14-9)8-4-5-19-7-8/h4-5,7H,6H2,1-3H3,(H,16,17). The van der Waals surface area contributed by atoms with Gasteiger partial charge in [-0.3, -0.25) is 9.69 Å². The van der Waals surface area contributed by atoms with E-state index in [-0.39, 0.29) is 0 Å². The van der Waals surface area contributed by atoms with Gasteiger partial charge < -0.3 is 9.63 Å². The van der Waals surface area contributed by atoms with E-state index in [9.17, 15) is 4.79 Å². The predicted octanol–water partition coefficient (Wildman–Crippen LogP) is 2.09. The summed E-state index contributed by atoms with van der Waals surface area (Å²) in [5.41, 5.74) is -0.104. The first-order valence-electron chi connectivity index (χ1n) is 5.71. The van der Waals surface area contributed by atoms with E-state index in [2.05, 4.69) is 10.1 Å². The molecule has 2 aromatic heterocycles. The molecule has 0 saturated heterocycles. The second kappa shape index (κ2) is 5.10. The van der Waals surface area contributed by atoms with Crippen molar-refractivity contribution in [1.82, 2.24) is 15.0 Å². The van der Waals surface area contributed by atoms with Crippen LogP contribution >= 0.6 is 11.3 Å². The molecular weight excluding hydrogens is 266 g/mol. The molecule has 0 atom stereocenters. The quantitative estimate of drug-likeness (QED) is 0.904. The lowest BCUT2D eigenvalue weighted by atomic mass is 10.0. The number of aromatic nitrogens is 2. The number of likely N-dealkylation sites (N-methyl/N-ethyl adjacent to an activating group) is 1. The highest BCUT2D eigenvalue weighted by Crippen LogP contribution is 2.21. The fourth-order valence-electron chi connectivity index (χ4n) is 1.39. The van der Waals surface area contributed by atoms with Crippen LogP contribution in [0.3, 0.4) is 0 Å². The van der Waals surface area contributed by atoms with Crippen LogP contribution in [0.1, 0.15) is 19.7 Å². The van der Waals surface area contributed by atoms with E-state index in [0.29, 0.717) is 18.3 Å². The Balaban J connectivity index is 2.11. The molecule has 6 nitrogen and oxygen atoms in total. The summed E-state index contributed by atoms with van der Waals surface area (Å²) in [5, 5.41) is 16.9. The van der Waals surface area contributed by atoms with Crippen molar-refractivity contribution in [2.75, 3.05) is 7.05 Å². The first-order valence-corrected chi connectivity index (χ1v) is 6.65. The van der Waals surface area contributed by atoms with Crippen molar-refractivity contribution in [3.63, 3.8) is 0 Å². The molecule has 0 aliphatic carbocycles. The van der Waals surface area contributed by atoms with E-state index >= 15 is 0 Å². The molecule has 2 rings (SSSR count). The lowest BCUT2D eigenvalue weighted by molar-refractivity contribution is -0.148. The summed E-state index contributed by atoms with van der Waals surface area (Å²) in [6, 6.07) is 1.90. The Hall–Kier alpha value is -1.73. The number of carboxylic acids is 1. The van der Waals surface area contributed by atoms with Gasteiger partial charge in [0.15, 0.2) is 5.82 Å². The van der Waals surface area contributed by atoms with E-state index in [0.717, 1.165) is 5.56 Å². The van der Waals surface area contributed by atoms with Crippen LogP contribution < -0.4 is 0 Å². The number of carbonyl (C=O) groups is 1. The van der Waals surface area contributed by atoms with Crippen LogP contribution in [0.4, 0.5) is 0 Å². The monoisotopic (exact) mass is 281 g/mol. The molecular formula is C12H15N3O3S. The van der Waals surface area contributed by atoms with Crippen molar-refractivity contribution in [3.8, 4) is 11.5 Å². The Kier molecular flexibility index (Phi) is 3.68. The van der Waals surface area contributed by atoms with Gasteiger partial charge in [0, 0.05) is 5.38 Å². The number of thiophene rings is 1. The molecule has 0 aromatic carbocycles. The van der Waals surface area contributed by atoms with Crippen molar-refractivity contribution < 1.29 is 14.4 Å². The molecule has 0 saturated carbocycles. The van der Waals surface area contributed by atoms with Crippen LogP contribution in [0.25, 0.3) is 11.5 Å². The third-order valence-electron chi connectivity index (χ3n) is 3.09. The first-order chi connectivity index (χ1) is 8.91. The Bertz CT molecular complexity index is 563. The number of aliphatic carboxylic acids is 1. The van der Waals surface area contributed by atoms with Gasteiger partial charge in [-0.05, 0) is 32.3 Å². The summed E-state index contributed by atoms with van der Waals surface area (Å²) in [5.74, 6) is 0.0346. The van der Waals surface area contributed by atoms with Crippen LogP contribution in [-0.4, -0.2) is 38.7 Å².